The molecule has 31 heavy (non-hydrogen) atoms. The molecule has 0 bridgehead atoms. The summed E-state index contributed by atoms with van der Waals surface area (Å²) in [5, 5.41) is 2.91. The molecule has 2 amide bonds. The zero-order valence-electron chi connectivity index (χ0n) is 17.2. The summed E-state index contributed by atoms with van der Waals surface area (Å²) < 4.78 is 10.7. The van der Waals surface area contributed by atoms with Gasteiger partial charge in [0.2, 0.25) is 6.79 Å². The summed E-state index contributed by atoms with van der Waals surface area (Å²) in [6.07, 6.45) is 1.69. The fourth-order valence-corrected chi connectivity index (χ4v) is 4.06. The van der Waals surface area contributed by atoms with Crippen LogP contribution >= 0.6 is 0 Å². The minimum Gasteiger partial charge on any atom is -0.454 e. The average Bonchev–Trinajstić information content (AvgIpc) is 3.25. The van der Waals surface area contributed by atoms with Crippen LogP contribution in [-0.4, -0.2) is 25.2 Å². The van der Waals surface area contributed by atoms with Crippen LogP contribution in [0.15, 0.2) is 60.7 Å². The molecule has 3 aromatic rings. The number of carbonyl (C=O) groups is 2. The highest BCUT2D eigenvalue weighted by molar-refractivity contribution is 6.08. The van der Waals surface area contributed by atoms with E-state index in [-0.39, 0.29) is 18.6 Å². The van der Waals surface area contributed by atoms with Crippen LogP contribution in [0.2, 0.25) is 0 Å². The van der Waals surface area contributed by atoms with Crippen molar-refractivity contribution in [3.63, 3.8) is 0 Å². The average molecular weight is 414 g/mol. The van der Waals surface area contributed by atoms with Crippen LogP contribution in [0.3, 0.4) is 0 Å². The number of hydrogen-bond donors (Lipinski definition) is 1. The van der Waals surface area contributed by atoms with Crippen LogP contribution in [-0.2, 0) is 6.42 Å². The summed E-state index contributed by atoms with van der Waals surface area (Å²) in [6.45, 7) is 2.84. The second-order valence-corrected chi connectivity index (χ2v) is 7.80. The van der Waals surface area contributed by atoms with E-state index in [9.17, 15) is 9.59 Å². The van der Waals surface area contributed by atoms with Gasteiger partial charge in [0.05, 0.1) is 0 Å². The molecule has 0 aromatic heterocycles. The van der Waals surface area contributed by atoms with Gasteiger partial charge in [-0.15, -0.1) is 0 Å². The van der Waals surface area contributed by atoms with E-state index in [2.05, 4.69) is 5.32 Å². The first-order chi connectivity index (χ1) is 15.1. The highest BCUT2D eigenvalue weighted by Crippen LogP contribution is 2.34. The summed E-state index contributed by atoms with van der Waals surface area (Å²) in [6, 6.07) is 18.5. The van der Waals surface area contributed by atoms with Gasteiger partial charge in [-0.2, -0.15) is 0 Å². The van der Waals surface area contributed by atoms with E-state index in [0.29, 0.717) is 34.9 Å². The van der Waals surface area contributed by atoms with Gasteiger partial charge in [0.1, 0.15) is 0 Å². The van der Waals surface area contributed by atoms with Crippen molar-refractivity contribution in [3.8, 4) is 11.5 Å². The lowest BCUT2D eigenvalue weighted by Gasteiger charge is -2.30. The van der Waals surface area contributed by atoms with Crippen molar-refractivity contribution in [2.24, 2.45) is 0 Å². The molecule has 0 saturated carbocycles. The smallest absolute Gasteiger partial charge is 0.258 e. The van der Waals surface area contributed by atoms with Crippen molar-refractivity contribution >= 4 is 23.2 Å². The molecule has 3 aromatic carbocycles. The Hall–Kier alpha value is -3.80. The Bertz CT molecular complexity index is 1190. The molecule has 0 aliphatic carbocycles. The second kappa shape index (κ2) is 7.80. The van der Waals surface area contributed by atoms with Crippen LogP contribution in [0.25, 0.3) is 0 Å². The van der Waals surface area contributed by atoms with Crippen molar-refractivity contribution in [1.82, 2.24) is 0 Å². The number of rotatable bonds is 3. The zero-order valence-corrected chi connectivity index (χ0v) is 17.2. The predicted octanol–water partition coefficient (Wildman–Crippen LogP) is 4.57. The Balaban J connectivity index is 1.37. The van der Waals surface area contributed by atoms with Gasteiger partial charge in [-0.05, 0) is 67.8 Å². The lowest BCUT2D eigenvalue weighted by Crippen LogP contribution is -2.35. The molecule has 0 fully saturated rings. The third-order valence-electron chi connectivity index (χ3n) is 5.60. The number of amides is 2. The van der Waals surface area contributed by atoms with E-state index in [4.69, 9.17) is 9.47 Å². The first-order valence-corrected chi connectivity index (χ1v) is 10.3. The molecular formula is C25H22N2O4. The van der Waals surface area contributed by atoms with Crippen molar-refractivity contribution in [3.05, 3.63) is 82.9 Å². The lowest BCUT2D eigenvalue weighted by atomic mass is 9.98. The zero-order chi connectivity index (χ0) is 21.4. The maximum Gasteiger partial charge on any atom is 0.258 e. The molecule has 0 spiro atoms. The largest absolute Gasteiger partial charge is 0.454 e. The van der Waals surface area contributed by atoms with E-state index >= 15 is 0 Å². The molecule has 2 aliphatic rings. The van der Waals surface area contributed by atoms with Crippen LogP contribution in [0, 0.1) is 6.92 Å². The van der Waals surface area contributed by atoms with Gasteiger partial charge in [0, 0.05) is 35.1 Å². The number of nitrogens with one attached hydrogen (secondary N) is 1. The molecule has 156 valence electrons. The third kappa shape index (κ3) is 3.72. The van der Waals surface area contributed by atoms with Crippen molar-refractivity contribution in [1.29, 1.82) is 0 Å². The molecule has 6 heteroatoms. The first kappa shape index (κ1) is 19.2. The Morgan fingerprint density at radius 2 is 1.81 bits per heavy atom. The number of benzene rings is 3. The fourth-order valence-electron chi connectivity index (χ4n) is 4.06. The van der Waals surface area contributed by atoms with Crippen molar-refractivity contribution < 1.29 is 19.1 Å². The number of nitrogens with zero attached hydrogens (tertiary/aromatic N) is 1. The van der Waals surface area contributed by atoms with Gasteiger partial charge in [-0.1, -0.05) is 17.7 Å². The summed E-state index contributed by atoms with van der Waals surface area (Å²) in [5.74, 6) is 1.07. The first-order valence-electron chi connectivity index (χ1n) is 10.3. The molecule has 6 nitrogen and oxygen atoms in total. The maximum atomic E-state index is 13.1. The number of hydrogen-bond acceptors (Lipinski definition) is 4. The number of carbonyl (C=O) groups excluding carboxylic acids is 2. The maximum absolute atomic E-state index is 13.1. The Labute approximate surface area is 180 Å². The molecule has 2 aliphatic heterocycles. The Morgan fingerprint density at radius 1 is 0.935 bits per heavy atom. The van der Waals surface area contributed by atoms with Crippen molar-refractivity contribution in [2.75, 3.05) is 23.6 Å². The van der Waals surface area contributed by atoms with Crippen LogP contribution < -0.4 is 19.7 Å². The van der Waals surface area contributed by atoms with Crippen molar-refractivity contribution in [2.45, 2.75) is 19.8 Å². The molecule has 5 rings (SSSR count). The van der Waals surface area contributed by atoms with Crippen LogP contribution in [0.4, 0.5) is 11.4 Å². The summed E-state index contributed by atoms with van der Waals surface area (Å²) in [4.78, 5) is 27.7. The SMILES string of the molecule is Cc1cccc(C(=O)N2CCCc3cc(C(=O)Nc4ccc5c(c4)OCO5)ccc32)c1. The molecule has 0 saturated heterocycles. The summed E-state index contributed by atoms with van der Waals surface area (Å²) in [5.41, 5.74) is 4.81. The third-order valence-corrected chi connectivity index (χ3v) is 5.60. The van der Waals surface area contributed by atoms with Gasteiger partial charge < -0.3 is 19.7 Å². The number of aryl methyl sites for hydroxylation is 2. The minimum absolute atomic E-state index is 0.0118. The van der Waals surface area contributed by atoms with Gasteiger partial charge in [0.25, 0.3) is 11.8 Å². The van der Waals surface area contributed by atoms with Gasteiger partial charge in [0.15, 0.2) is 11.5 Å². The normalized spacial score (nSPS) is 14.2. The highest BCUT2D eigenvalue weighted by atomic mass is 16.7. The van der Waals surface area contributed by atoms with Crippen LogP contribution in [0.5, 0.6) is 11.5 Å². The van der Waals surface area contributed by atoms with E-state index in [1.165, 1.54) is 0 Å². The van der Waals surface area contributed by atoms with E-state index in [1.54, 1.807) is 24.3 Å². The molecule has 0 unspecified atom stereocenters. The van der Waals surface area contributed by atoms with E-state index < -0.39 is 0 Å². The summed E-state index contributed by atoms with van der Waals surface area (Å²) >= 11 is 0. The Morgan fingerprint density at radius 3 is 2.68 bits per heavy atom. The number of anilines is 2. The molecule has 0 radical (unpaired) electrons. The minimum atomic E-state index is -0.205. The molecular weight excluding hydrogens is 392 g/mol. The molecule has 2 heterocycles. The number of ether oxygens (including phenoxy) is 2. The lowest BCUT2D eigenvalue weighted by molar-refractivity contribution is 0.0984. The summed E-state index contributed by atoms with van der Waals surface area (Å²) in [7, 11) is 0. The van der Waals surface area contributed by atoms with Crippen LogP contribution in [0.1, 0.15) is 38.3 Å². The van der Waals surface area contributed by atoms with E-state index in [0.717, 1.165) is 29.7 Å². The topological polar surface area (TPSA) is 67.9 Å². The molecule has 0 atom stereocenters. The predicted molar refractivity (Wildman–Crippen MR) is 118 cm³/mol. The van der Waals surface area contributed by atoms with E-state index in [1.807, 2.05) is 48.2 Å². The second-order valence-electron chi connectivity index (χ2n) is 7.80. The number of fused-ring (bicyclic) bond motifs is 2. The highest BCUT2D eigenvalue weighted by Gasteiger charge is 2.25. The quantitative estimate of drug-likeness (QED) is 0.682. The van der Waals surface area contributed by atoms with Gasteiger partial charge in [-0.25, -0.2) is 0 Å². The molecule has 1 N–H and O–H groups in total. The van der Waals surface area contributed by atoms with Gasteiger partial charge >= 0.3 is 0 Å². The standard InChI is InChI=1S/C25H22N2O4/c1-16-4-2-5-19(12-16)25(29)27-11-3-6-17-13-18(7-9-21(17)27)24(28)26-20-8-10-22-23(14-20)31-15-30-22/h2,4-5,7-10,12-14H,3,6,11,15H2,1H3,(H,26,28). The van der Waals surface area contributed by atoms with Gasteiger partial charge in [-0.3, -0.25) is 9.59 Å². The monoisotopic (exact) mass is 414 g/mol. The fraction of sp³-hybridized carbons (Fsp3) is 0.200. The Kier molecular flexibility index (Phi) is 4.82.